The molecule has 6 heteroatoms. The van der Waals surface area contributed by atoms with Crippen LogP contribution in [0.4, 0.5) is 0 Å². The van der Waals surface area contributed by atoms with Gasteiger partial charge >= 0.3 is 5.97 Å². The minimum atomic E-state index is -1.06. The van der Waals surface area contributed by atoms with E-state index in [1.807, 2.05) is 13.8 Å². The van der Waals surface area contributed by atoms with Crippen molar-refractivity contribution in [2.45, 2.75) is 33.2 Å². The van der Waals surface area contributed by atoms with E-state index in [0.717, 1.165) is 0 Å². The third-order valence-corrected chi connectivity index (χ3v) is 3.01. The van der Waals surface area contributed by atoms with Gasteiger partial charge in [0.1, 0.15) is 6.04 Å². The predicted octanol–water partition coefficient (Wildman–Crippen LogP) is 2.32. The summed E-state index contributed by atoms with van der Waals surface area (Å²) in [7, 11) is 1.49. The van der Waals surface area contributed by atoms with Crippen LogP contribution in [0.2, 0.25) is 0 Å². The van der Waals surface area contributed by atoms with Crippen molar-refractivity contribution in [1.29, 1.82) is 0 Å². The van der Waals surface area contributed by atoms with Crippen LogP contribution in [0.15, 0.2) is 18.2 Å². The molecular weight excluding hydrogens is 286 g/mol. The van der Waals surface area contributed by atoms with Crippen LogP contribution in [0.3, 0.4) is 0 Å². The van der Waals surface area contributed by atoms with Gasteiger partial charge in [-0.3, -0.25) is 4.79 Å². The number of hydrogen-bond acceptors (Lipinski definition) is 4. The van der Waals surface area contributed by atoms with Gasteiger partial charge in [-0.15, -0.1) is 0 Å². The van der Waals surface area contributed by atoms with Crippen LogP contribution >= 0.6 is 0 Å². The van der Waals surface area contributed by atoms with Crippen molar-refractivity contribution < 1.29 is 24.2 Å². The SMILES string of the molecule is CCC(NC(=O)c1ccc(OCC(C)C)c(OC)c1)C(=O)O. The van der Waals surface area contributed by atoms with E-state index in [9.17, 15) is 9.59 Å². The number of carboxylic acid groups (broad SMARTS) is 1. The number of carboxylic acids is 1. The molecule has 0 aliphatic carbocycles. The van der Waals surface area contributed by atoms with Crippen LogP contribution in [0.5, 0.6) is 11.5 Å². The standard InChI is InChI=1S/C16H23NO5/c1-5-12(16(19)20)17-15(18)11-6-7-13(14(8-11)21-4)22-9-10(2)3/h6-8,10,12H,5,9H2,1-4H3,(H,17,18)(H,19,20). The van der Waals surface area contributed by atoms with E-state index in [1.165, 1.54) is 7.11 Å². The molecule has 1 unspecified atom stereocenters. The van der Waals surface area contributed by atoms with Gasteiger partial charge < -0.3 is 19.9 Å². The van der Waals surface area contributed by atoms with E-state index in [4.69, 9.17) is 14.6 Å². The second-order valence-electron chi connectivity index (χ2n) is 5.34. The van der Waals surface area contributed by atoms with Gasteiger partial charge in [-0.05, 0) is 30.5 Å². The average Bonchev–Trinajstić information content (AvgIpc) is 2.49. The normalized spacial score (nSPS) is 11.9. The Hall–Kier alpha value is -2.24. The molecule has 0 aliphatic heterocycles. The minimum Gasteiger partial charge on any atom is -0.493 e. The average molecular weight is 309 g/mol. The molecule has 1 rings (SSSR count). The molecule has 0 aliphatic rings. The van der Waals surface area contributed by atoms with Crippen molar-refractivity contribution in [3.8, 4) is 11.5 Å². The molecule has 6 nitrogen and oxygen atoms in total. The van der Waals surface area contributed by atoms with Crippen LogP contribution in [0, 0.1) is 5.92 Å². The van der Waals surface area contributed by atoms with Crippen LogP contribution < -0.4 is 14.8 Å². The molecular formula is C16H23NO5. The molecule has 1 amide bonds. The van der Waals surface area contributed by atoms with Crippen molar-refractivity contribution in [1.82, 2.24) is 5.32 Å². The summed E-state index contributed by atoms with van der Waals surface area (Å²) >= 11 is 0. The van der Waals surface area contributed by atoms with Crippen molar-refractivity contribution in [2.24, 2.45) is 5.92 Å². The predicted molar refractivity (Wildman–Crippen MR) is 82.5 cm³/mol. The zero-order valence-corrected chi connectivity index (χ0v) is 13.4. The summed E-state index contributed by atoms with van der Waals surface area (Å²) < 4.78 is 10.8. The molecule has 122 valence electrons. The minimum absolute atomic E-state index is 0.313. The number of hydrogen-bond donors (Lipinski definition) is 2. The third-order valence-electron chi connectivity index (χ3n) is 3.01. The van der Waals surface area contributed by atoms with Gasteiger partial charge in [-0.25, -0.2) is 4.79 Å². The zero-order valence-electron chi connectivity index (χ0n) is 13.4. The summed E-state index contributed by atoms with van der Waals surface area (Å²) in [6, 6.07) is 3.87. The number of carbonyl (C=O) groups excluding carboxylic acids is 1. The number of aliphatic carboxylic acids is 1. The lowest BCUT2D eigenvalue weighted by atomic mass is 10.1. The summed E-state index contributed by atoms with van der Waals surface area (Å²) in [6.07, 6.45) is 0.313. The molecule has 1 atom stereocenters. The first-order chi connectivity index (χ1) is 10.4. The highest BCUT2D eigenvalue weighted by atomic mass is 16.5. The molecule has 1 aromatic carbocycles. The molecule has 0 aromatic heterocycles. The smallest absolute Gasteiger partial charge is 0.326 e. The van der Waals surface area contributed by atoms with Gasteiger partial charge in [0.25, 0.3) is 5.91 Å². The second kappa shape index (κ2) is 8.26. The molecule has 0 radical (unpaired) electrons. The Balaban J connectivity index is 2.88. The Morgan fingerprint density at radius 3 is 2.45 bits per heavy atom. The van der Waals surface area contributed by atoms with Gasteiger partial charge in [-0.2, -0.15) is 0 Å². The molecule has 2 N–H and O–H groups in total. The highest BCUT2D eigenvalue weighted by Crippen LogP contribution is 2.28. The van der Waals surface area contributed by atoms with Crippen LogP contribution in [-0.4, -0.2) is 36.7 Å². The second-order valence-corrected chi connectivity index (χ2v) is 5.34. The van der Waals surface area contributed by atoms with Gasteiger partial charge in [0.05, 0.1) is 13.7 Å². The summed E-state index contributed by atoms with van der Waals surface area (Å²) in [5.74, 6) is -0.147. The van der Waals surface area contributed by atoms with E-state index in [0.29, 0.717) is 36.0 Å². The summed E-state index contributed by atoms with van der Waals surface area (Å²) in [4.78, 5) is 23.1. The quantitative estimate of drug-likeness (QED) is 0.770. The van der Waals surface area contributed by atoms with E-state index >= 15 is 0 Å². The molecule has 0 spiro atoms. The first-order valence-corrected chi connectivity index (χ1v) is 7.23. The maximum Gasteiger partial charge on any atom is 0.326 e. The van der Waals surface area contributed by atoms with Crippen LogP contribution in [0.1, 0.15) is 37.6 Å². The fourth-order valence-corrected chi connectivity index (χ4v) is 1.76. The number of methoxy groups -OCH3 is 1. The Kier molecular flexibility index (Phi) is 6.69. The van der Waals surface area contributed by atoms with E-state index in [1.54, 1.807) is 25.1 Å². The molecule has 0 saturated heterocycles. The zero-order chi connectivity index (χ0) is 16.7. The Morgan fingerprint density at radius 1 is 1.27 bits per heavy atom. The Labute approximate surface area is 130 Å². The maximum atomic E-state index is 12.1. The van der Waals surface area contributed by atoms with Crippen molar-refractivity contribution in [2.75, 3.05) is 13.7 Å². The van der Waals surface area contributed by atoms with Crippen molar-refractivity contribution in [3.63, 3.8) is 0 Å². The van der Waals surface area contributed by atoms with Gasteiger partial charge in [0.2, 0.25) is 0 Å². The third kappa shape index (κ3) is 4.95. The Morgan fingerprint density at radius 2 is 1.95 bits per heavy atom. The number of nitrogens with one attached hydrogen (secondary N) is 1. The number of ether oxygens (including phenoxy) is 2. The topological polar surface area (TPSA) is 84.9 Å². The Bertz CT molecular complexity index is 527. The van der Waals surface area contributed by atoms with Crippen molar-refractivity contribution >= 4 is 11.9 Å². The number of rotatable bonds is 8. The summed E-state index contributed by atoms with van der Waals surface area (Å²) in [6.45, 7) is 6.30. The monoisotopic (exact) mass is 309 g/mol. The molecule has 0 heterocycles. The lowest BCUT2D eigenvalue weighted by Crippen LogP contribution is -2.40. The van der Waals surface area contributed by atoms with Gasteiger partial charge in [-0.1, -0.05) is 20.8 Å². The summed E-state index contributed by atoms with van der Waals surface area (Å²) in [5.41, 5.74) is 0.327. The fraction of sp³-hybridized carbons (Fsp3) is 0.500. The van der Waals surface area contributed by atoms with E-state index < -0.39 is 17.9 Å². The van der Waals surface area contributed by atoms with Gasteiger partial charge in [0, 0.05) is 5.56 Å². The van der Waals surface area contributed by atoms with Crippen LogP contribution in [0.25, 0.3) is 0 Å². The molecule has 0 fully saturated rings. The lowest BCUT2D eigenvalue weighted by Gasteiger charge is -2.15. The lowest BCUT2D eigenvalue weighted by molar-refractivity contribution is -0.139. The van der Waals surface area contributed by atoms with E-state index in [-0.39, 0.29) is 0 Å². The van der Waals surface area contributed by atoms with Crippen molar-refractivity contribution in [3.05, 3.63) is 23.8 Å². The van der Waals surface area contributed by atoms with Gasteiger partial charge in [0.15, 0.2) is 11.5 Å². The maximum absolute atomic E-state index is 12.1. The highest BCUT2D eigenvalue weighted by molar-refractivity contribution is 5.97. The first-order valence-electron chi connectivity index (χ1n) is 7.23. The highest BCUT2D eigenvalue weighted by Gasteiger charge is 2.19. The largest absolute Gasteiger partial charge is 0.493 e. The fourth-order valence-electron chi connectivity index (χ4n) is 1.76. The molecule has 1 aromatic rings. The van der Waals surface area contributed by atoms with E-state index in [2.05, 4.69) is 5.32 Å². The molecule has 0 saturated carbocycles. The number of carbonyl (C=O) groups is 2. The first kappa shape index (κ1) is 17.8. The molecule has 0 bridgehead atoms. The summed E-state index contributed by atoms with van der Waals surface area (Å²) in [5, 5.41) is 11.4. The number of amides is 1. The number of benzene rings is 1. The van der Waals surface area contributed by atoms with Crippen LogP contribution in [-0.2, 0) is 4.79 Å². The molecule has 22 heavy (non-hydrogen) atoms.